The van der Waals surface area contributed by atoms with Crippen LogP contribution in [0.15, 0.2) is 22.7 Å². The maximum absolute atomic E-state index is 13.4. The third-order valence-electron chi connectivity index (χ3n) is 1.98. The van der Waals surface area contributed by atoms with Crippen molar-refractivity contribution in [2.75, 3.05) is 6.54 Å². The third-order valence-corrected chi connectivity index (χ3v) is 2.63. The molecule has 1 aromatic rings. The van der Waals surface area contributed by atoms with Crippen molar-refractivity contribution in [3.63, 3.8) is 0 Å². The normalized spacial score (nSPS) is 11.8. The summed E-state index contributed by atoms with van der Waals surface area (Å²) in [6.07, 6.45) is -0.325. The van der Waals surface area contributed by atoms with Gasteiger partial charge in [0.1, 0.15) is 0 Å². The van der Waals surface area contributed by atoms with Gasteiger partial charge in [-0.15, -0.1) is 0 Å². The van der Waals surface area contributed by atoms with Crippen molar-refractivity contribution < 1.29 is 8.78 Å². The summed E-state index contributed by atoms with van der Waals surface area (Å²) in [6, 6.07) is 4.79. The number of hydrogen-bond acceptors (Lipinski definition) is 1. The average Bonchev–Trinajstić information content (AvgIpc) is 2.02. The molecule has 0 saturated heterocycles. The summed E-state index contributed by atoms with van der Waals surface area (Å²) in [6.45, 7) is 1.84. The highest BCUT2D eigenvalue weighted by molar-refractivity contribution is 9.10. The van der Waals surface area contributed by atoms with Gasteiger partial charge in [0.2, 0.25) is 0 Å². The molecule has 1 rings (SSSR count). The molecule has 2 N–H and O–H groups in total. The lowest BCUT2D eigenvalue weighted by Gasteiger charge is -2.17. The lowest BCUT2D eigenvalue weighted by atomic mass is 10.0. The van der Waals surface area contributed by atoms with E-state index in [2.05, 4.69) is 15.9 Å². The van der Waals surface area contributed by atoms with Gasteiger partial charge < -0.3 is 5.73 Å². The molecule has 4 heteroatoms. The van der Waals surface area contributed by atoms with Gasteiger partial charge in [-0.1, -0.05) is 28.1 Å². The van der Waals surface area contributed by atoms with Gasteiger partial charge in [-0.2, -0.15) is 0 Å². The predicted molar refractivity (Wildman–Crippen MR) is 56.4 cm³/mol. The maximum atomic E-state index is 13.4. The van der Waals surface area contributed by atoms with E-state index in [1.807, 2.05) is 6.92 Å². The zero-order chi connectivity index (χ0) is 10.8. The third kappa shape index (κ3) is 2.51. The molecule has 0 atom stereocenters. The van der Waals surface area contributed by atoms with E-state index >= 15 is 0 Å². The Morgan fingerprint density at radius 1 is 1.43 bits per heavy atom. The molecule has 14 heavy (non-hydrogen) atoms. The van der Waals surface area contributed by atoms with Crippen LogP contribution in [0.1, 0.15) is 17.5 Å². The Labute approximate surface area is 90.4 Å². The van der Waals surface area contributed by atoms with Gasteiger partial charge in [-0.05, 0) is 25.1 Å². The molecule has 0 aromatic heterocycles. The number of aryl methyl sites for hydroxylation is 1. The van der Waals surface area contributed by atoms with Crippen LogP contribution in [0, 0.1) is 6.92 Å². The van der Waals surface area contributed by atoms with Crippen molar-refractivity contribution >= 4 is 15.9 Å². The second-order valence-electron chi connectivity index (χ2n) is 3.23. The van der Waals surface area contributed by atoms with Crippen molar-refractivity contribution in [1.82, 2.24) is 0 Å². The van der Waals surface area contributed by atoms with E-state index in [4.69, 9.17) is 5.73 Å². The summed E-state index contributed by atoms with van der Waals surface area (Å²) in [5.41, 5.74) is 6.09. The van der Waals surface area contributed by atoms with E-state index in [0.29, 0.717) is 4.47 Å². The van der Waals surface area contributed by atoms with Crippen LogP contribution in [0.25, 0.3) is 0 Å². The molecule has 0 aliphatic heterocycles. The molecule has 0 aliphatic rings. The maximum Gasteiger partial charge on any atom is 0.275 e. The fourth-order valence-electron chi connectivity index (χ4n) is 1.23. The van der Waals surface area contributed by atoms with Crippen LogP contribution in [0.4, 0.5) is 8.78 Å². The van der Waals surface area contributed by atoms with Gasteiger partial charge in [-0.3, -0.25) is 0 Å². The first-order chi connectivity index (χ1) is 6.47. The molecule has 0 unspecified atom stereocenters. The molecule has 0 fully saturated rings. The molecule has 0 amide bonds. The quantitative estimate of drug-likeness (QED) is 0.891. The van der Waals surface area contributed by atoms with E-state index in [1.165, 1.54) is 6.07 Å². The van der Waals surface area contributed by atoms with Crippen LogP contribution in [0.3, 0.4) is 0 Å². The number of benzene rings is 1. The SMILES string of the molecule is Cc1ccc(C(F)(F)CCN)c(Br)c1. The first-order valence-electron chi connectivity index (χ1n) is 4.32. The van der Waals surface area contributed by atoms with Gasteiger partial charge in [0, 0.05) is 16.5 Å². The number of rotatable bonds is 3. The molecule has 0 radical (unpaired) electrons. The van der Waals surface area contributed by atoms with Gasteiger partial charge in [0.25, 0.3) is 5.92 Å². The van der Waals surface area contributed by atoms with Gasteiger partial charge >= 0.3 is 0 Å². The largest absolute Gasteiger partial charge is 0.330 e. The highest BCUT2D eigenvalue weighted by Crippen LogP contribution is 2.36. The Kier molecular flexibility index (Phi) is 3.61. The number of nitrogens with two attached hydrogens (primary N) is 1. The minimum absolute atomic E-state index is 0.00792. The summed E-state index contributed by atoms with van der Waals surface area (Å²) in [7, 11) is 0. The minimum atomic E-state index is -2.85. The average molecular weight is 264 g/mol. The molecule has 78 valence electrons. The smallest absolute Gasteiger partial charge is 0.275 e. The monoisotopic (exact) mass is 263 g/mol. The fraction of sp³-hybridized carbons (Fsp3) is 0.400. The van der Waals surface area contributed by atoms with Crippen LogP contribution in [-0.2, 0) is 5.92 Å². The Balaban J connectivity index is 3.06. The number of alkyl halides is 2. The van der Waals surface area contributed by atoms with E-state index < -0.39 is 5.92 Å². The van der Waals surface area contributed by atoms with Crippen molar-refractivity contribution in [3.8, 4) is 0 Å². The standard InChI is InChI=1S/C10H12BrF2N/c1-7-2-3-8(9(11)6-7)10(12,13)4-5-14/h2-3,6H,4-5,14H2,1H3. The molecule has 0 aliphatic carbocycles. The van der Waals surface area contributed by atoms with E-state index in [-0.39, 0.29) is 18.5 Å². The van der Waals surface area contributed by atoms with Crippen LogP contribution < -0.4 is 5.73 Å². The highest BCUT2D eigenvalue weighted by atomic mass is 79.9. The summed E-state index contributed by atoms with van der Waals surface area (Å²) in [5.74, 6) is -2.85. The Morgan fingerprint density at radius 2 is 2.07 bits per heavy atom. The van der Waals surface area contributed by atoms with Crippen molar-refractivity contribution in [1.29, 1.82) is 0 Å². The number of hydrogen-bond donors (Lipinski definition) is 1. The van der Waals surface area contributed by atoms with Crippen LogP contribution in [-0.4, -0.2) is 6.54 Å². The fourth-order valence-corrected chi connectivity index (χ4v) is 2.02. The lowest BCUT2D eigenvalue weighted by molar-refractivity contribution is -0.0114. The molecular weight excluding hydrogens is 252 g/mol. The Morgan fingerprint density at radius 3 is 2.57 bits per heavy atom. The van der Waals surface area contributed by atoms with Crippen molar-refractivity contribution in [3.05, 3.63) is 33.8 Å². The second kappa shape index (κ2) is 4.36. The minimum Gasteiger partial charge on any atom is -0.330 e. The molecule has 1 aromatic carbocycles. The van der Waals surface area contributed by atoms with Crippen LogP contribution in [0.5, 0.6) is 0 Å². The molecule has 0 saturated carbocycles. The molecular formula is C10H12BrF2N. The first kappa shape index (κ1) is 11.6. The second-order valence-corrected chi connectivity index (χ2v) is 4.08. The zero-order valence-electron chi connectivity index (χ0n) is 7.86. The van der Waals surface area contributed by atoms with Gasteiger partial charge in [0.15, 0.2) is 0 Å². The van der Waals surface area contributed by atoms with Crippen molar-refractivity contribution in [2.24, 2.45) is 5.73 Å². The zero-order valence-corrected chi connectivity index (χ0v) is 9.44. The topological polar surface area (TPSA) is 26.0 Å². The number of halogens is 3. The lowest BCUT2D eigenvalue weighted by Crippen LogP contribution is -2.19. The molecule has 1 nitrogen and oxygen atoms in total. The Hall–Kier alpha value is -0.480. The summed E-state index contributed by atoms with van der Waals surface area (Å²) in [5, 5.41) is 0. The molecule has 0 spiro atoms. The van der Waals surface area contributed by atoms with E-state index in [0.717, 1.165) is 5.56 Å². The molecule has 0 heterocycles. The Bertz CT molecular complexity index is 326. The summed E-state index contributed by atoms with van der Waals surface area (Å²) < 4.78 is 27.3. The van der Waals surface area contributed by atoms with E-state index in [9.17, 15) is 8.78 Å². The van der Waals surface area contributed by atoms with Crippen molar-refractivity contribution in [2.45, 2.75) is 19.3 Å². The van der Waals surface area contributed by atoms with Crippen LogP contribution >= 0.6 is 15.9 Å². The molecule has 0 bridgehead atoms. The van der Waals surface area contributed by atoms with Crippen LogP contribution in [0.2, 0.25) is 0 Å². The van der Waals surface area contributed by atoms with Gasteiger partial charge in [-0.25, -0.2) is 8.78 Å². The van der Waals surface area contributed by atoms with E-state index in [1.54, 1.807) is 12.1 Å². The van der Waals surface area contributed by atoms with Gasteiger partial charge in [0.05, 0.1) is 0 Å². The first-order valence-corrected chi connectivity index (χ1v) is 5.11. The highest BCUT2D eigenvalue weighted by Gasteiger charge is 2.32. The predicted octanol–water partition coefficient (Wildman–Crippen LogP) is 3.20. The summed E-state index contributed by atoms with van der Waals surface area (Å²) >= 11 is 3.13. The summed E-state index contributed by atoms with van der Waals surface area (Å²) in [4.78, 5) is 0.